The number of halogens is 1. The third kappa shape index (κ3) is 5.80. The first-order chi connectivity index (χ1) is 13.3. The van der Waals surface area contributed by atoms with E-state index in [4.69, 9.17) is 0 Å². The molecule has 0 saturated carbocycles. The smallest absolute Gasteiger partial charge is 0.337 e. The predicted molar refractivity (Wildman–Crippen MR) is 104 cm³/mol. The zero-order valence-corrected chi connectivity index (χ0v) is 15.9. The zero-order chi connectivity index (χ0) is 20.7. The number of carbonyl (C=O) groups excluding carboxylic acids is 3. The fourth-order valence-electron chi connectivity index (χ4n) is 2.45. The Morgan fingerprint density at radius 2 is 1.79 bits per heavy atom. The highest BCUT2D eigenvalue weighted by atomic mass is 19.1. The average molecular weight is 387 g/mol. The molecule has 0 unspecified atom stereocenters. The lowest BCUT2D eigenvalue weighted by atomic mass is 10.1. The van der Waals surface area contributed by atoms with Crippen molar-refractivity contribution in [2.45, 2.75) is 6.92 Å². The first-order valence-electron chi connectivity index (χ1n) is 8.52. The molecule has 0 aliphatic carbocycles. The first kappa shape index (κ1) is 20.9. The number of esters is 1. The molecule has 2 rings (SSSR count). The van der Waals surface area contributed by atoms with Crippen molar-refractivity contribution >= 4 is 29.2 Å². The maximum absolute atomic E-state index is 12.9. The Kier molecular flexibility index (Phi) is 7.08. The molecule has 0 atom stereocenters. The number of benzene rings is 2. The number of aryl methyl sites for hydroxylation is 1. The van der Waals surface area contributed by atoms with Crippen LogP contribution in [-0.4, -0.2) is 49.9 Å². The Hall–Kier alpha value is -3.42. The maximum atomic E-state index is 12.9. The quantitative estimate of drug-likeness (QED) is 0.713. The van der Waals surface area contributed by atoms with Gasteiger partial charge in [-0.05, 0) is 55.0 Å². The molecule has 28 heavy (non-hydrogen) atoms. The number of rotatable bonds is 7. The lowest BCUT2D eigenvalue weighted by Crippen LogP contribution is -2.38. The van der Waals surface area contributed by atoms with Crippen molar-refractivity contribution in [2.24, 2.45) is 0 Å². The SMILES string of the molecule is COC(=O)c1ccc(NCC(=O)N(C)CC(=O)Nc2ccc(F)cc2)c(C)c1. The number of amides is 2. The average Bonchev–Trinajstić information content (AvgIpc) is 2.67. The largest absolute Gasteiger partial charge is 0.465 e. The molecule has 148 valence electrons. The van der Waals surface area contributed by atoms with Crippen LogP contribution in [0.4, 0.5) is 15.8 Å². The number of hydrogen-bond donors (Lipinski definition) is 2. The Bertz CT molecular complexity index is 868. The Balaban J connectivity index is 1.85. The molecule has 2 aromatic rings. The topological polar surface area (TPSA) is 87.7 Å². The molecule has 0 saturated heterocycles. The summed E-state index contributed by atoms with van der Waals surface area (Å²) in [5.41, 5.74) is 2.36. The summed E-state index contributed by atoms with van der Waals surface area (Å²) in [6.07, 6.45) is 0. The van der Waals surface area contributed by atoms with E-state index < -0.39 is 11.8 Å². The van der Waals surface area contributed by atoms with Crippen molar-refractivity contribution in [3.05, 3.63) is 59.4 Å². The summed E-state index contributed by atoms with van der Waals surface area (Å²) in [6, 6.07) is 10.3. The fraction of sp³-hybridized carbons (Fsp3) is 0.250. The Morgan fingerprint density at radius 1 is 1.11 bits per heavy atom. The number of methoxy groups -OCH3 is 1. The molecule has 0 heterocycles. The number of carbonyl (C=O) groups is 3. The fourth-order valence-corrected chi connectivity index (χ4v) is 2.45. The third-order valence-corrected chi connectivity index (χ3v) is 4.01. The van der Waals surface area contributed by atoms with Crippen molar-refractivity contribution < 1.29 is 23.5 Å². The zero-order valence-electron chi connectivity index (χ0n) is 15.9. The van der Waals surface area contributed by atoms with Gasteiger partial charge in [-0.2, -0.15) is 0 Å². The van der Waals surface area contributed by atoms with Crippen LogP contribution >= 0.6 is 0 Å². The minimum atomic E-state index is -0.433. The number of nitrogens with one attached hydrogen (secondary N) is 2. The van der Waals surface area contributed by atoms with Gasteiger partial charge in [0.1, 0.15) is 5.82 Å². The van der Waals surface area contributed by atoms with Gasteiger partial charge in [-0.25, -0.2) is 9.18 Å². The van der Waals surface area contributed by atoms with Gasteiger partial charge in [0.2, 0.25) is 11.8 Å². The number of anilines is 2. The summed E-state index contributed by atoms with van der Waals surface area (Å²) in [7, 11) is 2.83. The second kappa shape index (κ2) is 9.50. The van der Waals surface area contributed by atoms with E-state index >= 15 is 0 Å². The number of ether oxygens (including phenoxy) is 1. The van der Waals surface area contributed by atoms with E-state index in [-0.39, 0.29) is 24.9 Å². The molecule has 2 amide bonds. The highest BCUT2D eigenvalue weighted by Crippen LogP contribution is 2.17. The van der Waals surface area contributed by atoms with Crippen LogP contribution in [0.5, 0.6) is 0 Å². The molecule has 2 aromatic carbocycles. The minimum absolute atomic E-state index is 0.0151. The number of hydrogen-bond acceptors (Lipinski definition) is 5. The van der Waals surface area contributed by atoms with Gasteiger partial charge in [0.05, 0.1) is 25.8 Å². The van der Waals surface area contributed by atoms with Crippen LogP contribution in [0.1, 0.15) is 15.9 Å². The van der Waals surface area contributed by atoms with Crippen LogP contribution in [0.25, 0.3) is 0 Å². The molecule has 0 aromatic heterocycles. The van der Waals surface area contributed by atoms with Crippen molar-refractivity contribution in [3.8, 4) is 0 Å². The number of nitrogens with zero attached hydrogens (tertiary/aromatic N) is 1. The van der Waals surface area contributed by atoms with Crippen LogP contribution in [0.2, 0.25) is 0 Å². The molecule has 8 heteroatoms. The molecule has 0 spiro atoms. The van der Waals surface area contributed by atoms with Gasteiger partial charge >= 0.3 is 5.97 Å². The molecule has 2 N–H and O–H groups in total. The molecule has 0 aliphatic rings. The van der Waals surface area contributed by atoms with Crippen LogP contribution in [0, 0.1) is 12.7 Å². The highest BCUT2D eigenvalue weighted by Gasteiger charge is 2.14. The monoisotopic (exact) mass is 387 g/mol. The summed E-state index contributed by atoms with van der Waals surface area (Å²) in [5, 5.41) is 5.59. The number of likely N-dealkylation sites (N-methyl/N-ethyl adjacent to an activating group) is 1. The Labute approximate surface area is 162 Å². The van der Waals surface area contributed by atoms with E-state index in [1.54, 1.807) is 25.1 Å². The molecule has 0 bridgehead atoms. The first-order valence-corrected chi connectivity index (χ1v) is 8.52. The van der Waals surface area contributed by atoms with E-state index in [1.165, 1.54) is 43.3 Å². The summed E-state index contributed by atoms with van der Waals surface area (Å²) in [5.74, 6) is -1.50. The maximum Gasteiger partial charge on any atom is 0.337 e. The minimum Gasteiger partial charge on any atom is -0.465 e. The van der Waals surface area contributed by atoms with E-state index in [0.717, 1.165) is 5.56 Å². The summed E-state index contributed by atoms with van der Waals surface area (Å²) < 4.78 is 17.5. The van der Waals surface area contributed by atoms with Crippen LogP contribution in [0.15, 0.2) is 42.5 Å². The molecule has 7 nitrogen and oxygen atoms in total. The standard InChI is InChI=1S/C20H22FN3O4/c1-13-10-14(20(27)28-3)4-9-17(13)22-11-19(26)24(2)12-18(25)23-16-7-5-15(21)6-8-16/h4-10,22H,11-12H2,1-3H3,(H,23,25). The van der Waals surface area contributed by atoms with Crippen molar-refractivity contribution in [2.75, 3.05) is 37.9 Å². The van der Waals surface area contributed by atoms with Crippen LogP contribution < -0.4 is 10.6 Å². The second-order valence-corrected chi connectivity index (χ2v) is 6.18. The highest BCUT2D eigenvalue weighted by molar-refractivity contribution is 5.95. The summed E-state index contributed by atoms with van der Waals surface area (Å²) in [6.45, 7) is 1.65. The van der Waals surface area contributed by atoms with E-state index in [1.807, 2.05) is 0 Å². The lowest BCUT2D eigenvalue weighted by molar-refractivity contribution is -0.131. The summed E-state index contributed by atoms with van der Waals surface area (Å²) in [4.78, 5) is 37.1. The van der Waals surface area contributed by atoms with E-state index in [2.05, 4.69) is 15.4 Å². The van der Waals surface area contributed by atoms with Gasteiger partial charge in [0, 0.05) is 18.4 Å². The van der Waals surface area contributed by atoms with Gasteiger partial charge in [-0.15, -0.1) is 0 Å². The van der Waals surface area contributed by atoms with Crippen molar-refractivity contribution in [1.29, 1.82) is 0 Å². The van der Waals surface area contributed by atoms with Gasteiger partial charge in [0.25, 0.3) is 0 Å². The van der Waals surface area contributed by atoms with Crippen LogP contribution in [-0.2, 0) is 14.3 Å². The van der Waals surface area contributed by atoms with E-state index in [9.17, 15) is 18.8 Å². The van der Waals surface area contributed by atoms with Gasteiger partial charge in [0.15, 0.2) is 0 Å². The second-order valence-electron chi connectivity index (χ2n) is 6.18. The Morgan fingerprint density at radius 3 is 2.39 bits per heavy atom. The lowest BCUT2D eigenvalue weighted by Gasteiger charge is -2.18. The van der Waals surface area contributed by atoms with Gasteiger partial charge in [-0.3, -0.25) is 9.59 Å². The third-order valence-electron chi connectivity index (χ3n) is 4.01. The van der Waals surface area contributed by atoms with Crippen LogP contribution in [0.3, 0.4) is 0 Å². The normalized spacial score (nSPS) is 10.1. The van der Waals surface area contributed by atoms with Crippen molar-refractivity contribution in [3.63, 3.8) is 0 Å². The van der Waals surface area contributed by atoms with Gasteiger partial charge in [-0.1, -0.05) is 0 Å². The van der Waals surface area contributed by atoms with Gasteiger partial charge < -0.3 is 20.3 Å². The van der Waals surface area contributed by atoms with Crippen molar-refractivity contribution in [1.82, 2.24) is 4.90 Å². The molecule has 0 radical (unpaired) electrons. The molecule has 0 aliphatic heterocycles. The van der Waals surface area contributed by atoms with E-state index in [0.29, 0.717) is 16.9 Å². The predicted octanol–water partition coefficient (Wildman–Crippen LogP) is 2.43. The molecule has 0 fully saturated rings. The summed E-state index contributed by atoms with van der Waals surface area (Å²) >= 11 is 0. The molecular weight excluding hydrogens is 365 g/mol. The molecular formula is C20H22FN3O4.